The van der Waals surface area contributed by atoms with Gasteiger partial charge in [0.15, 0.2) is 0 Å². The van der Waals surface area contributed by atoms with Crippen LogP contribution >= 0.6 is 0 Å². The molecule has 0 fully saturated rings. The Balaban J connectivity index is 1.44. The van der Waals surface area contributed by atoms with Crippen LogP contribution in [0.4, 0.5) is 13.2 Å². The number of carbonyl (C=O) groups excluding carboxylic acids is 1. The molecule has 0 aliphatic carbocycles. The predicted octanol–water partition coefficient (Wildman–Crippen LogP) is 2.95. The summed E-state index contributed by atoms with van der Waals surface area (Å²) >= 11 is 0. The van der Waals surface area contributed by atoms with Gasteiger partial charge in [0.05, 0.1) is 12.6 Å². The SMILES string of the molecule is O=C(/C=C/c1ccccc1)NCCOc1cc(-c2noc(C(F)(F)F)n2)on1. The highest BCUT2D eigenvalue weighted by Crippen LogP contribution is 2.30. The summed E-state index contributed by atoms with van der Waals surface area (Å²) in [6, 6.07) is 10.5. The van der Waals surface area contributed by atoms with Crippen molar-refractivity contribution in [1.82, 2.24) is 20.6 Å². The molecule has 8 nitrogen and oxygen atoms in total. The summed E-state index contributed by atoms with van der Waals surface area (Å²) in [5.74, 6) is -2.35. The Bertz CT molecular complexity index is 951. The van der Waals surface area contributed by atoms with Gasteiger partial charge >= 0.3 is 12.1 Å². The first-order valence-electron chi connectivity index (χ1n) is 7.93. The molecule has 146 valence electrons. The van der Waals surface area contributed by atoms with E-state index in [2.05, 4.69) is 25.1 Å². The van der Waals surface area contributed by atoms with Crippen molar-refractivity contribution in [3.63, 3.8) is 0 Å². The number of halogens is 3. The Morgan fingerprint density at radius 3 is 2.68 bits per heavy atom. The Kier molecular flexibility index (Phi) is 5.72. The molecule has 0 radical (unpaired) electrons. The molecule has 0 saturated heterocycles. The van der Waals surface area contributed by atoms with Crippen molar-refractivity contribution < 1.29 is 31.7 Å². The van der Waals surface area contributed by atoms with Crippen LogP contribution in [-0.4, -0.2) is 34.4 Å². The Hall–Kier alpha value is -3.63. The number of aromatic nitrogens is 3. The molecule has 0 aliphatic rings. The zero-order valence-corrected chi connectivity index (χ0v) is 14.1. The van der Waals surface area contributed by atoms with E-state index < -0.39 is 17.9 Å². The van der Waals surface area contributed by atoms with Crippen LogP contribution in [0, 0.1) is 0 Å². The van der Waals surface area contributed by atoms with Gasteiger partial charge < -0.3 is 19.1 Å². The summed E-state index contributed by atoms with van der Waals surface area (Å²) in [7, 11) is 0. The van der Waals surface area contributed by atoms with E-state index in [1.54, 1.807) is 6.08 Å². The summed E-state index contributed by atoms with van der Waals surface area (Å²) in [4.78, 5) is 14.9. The van der Waals surface area contributed by atoms with Gasteiger partial charge in [-0.3, -0.25) is 4.79 Å². The number of ether oxygens (including phenoxy) is 1. The lowest BCUT2D eigenvalue weighted by Crippen LogP contribution is -2.26. The molecular formula is C17H13F3N4O4. The lowest BCUT2D eigenvalue weighted by atomic mass is 10.2. The molecule has 0 aliphatic heterocycles. The summed E-state index contributed by atoms with van der Waals surface area (Å²) in [6.45, 7) is 0.248. The van der Waals surface area contributed by atoms with Crippen molar-refractivity contribution in [1.29, 1.82) is 0 Å². The van der Waals surface area contributed by atoms with E-state index in [1.807, 2.05) is 30.3 Å². The molecule has 0 unspecified atom stereocenters. The van der Waals surface area contributed by atoms with Gasteiger partial charge in [-0.1, -0.05) is 35.5 Å². The van der Waals surface area contributed by atoms with E-state index in [1.165, 1.54) is 12.1 Å². The van der Waals surface area contributed by atoms with E-state index in [-0.39, 0.29) is 30.7 Å². The Morgan fingerprint density at radius 2 is 1.96 bits per heavy atom. The fourth-order valence-electron chi connectivity index (χ4n) is 2.00. The number of carbonyl (C=O) groups is 1. The van der Waals surface area contributed by atoms with E-state index in [4.69, 9.17) is 9.26 Å². The maximum absolute atomic E-state index is 12.4. The van der Waals surface area contributed by atoms with Crippen LogP contribution in [-0.2, 0) is 11.0 Å². The molecule has 1 N–H and O–H groups in total. The van der Waals surface area contributed by atoms with Crippen LogP contribution in [0.15, 0.2) is 51.5 Å². The van der Waals surface area contributed by atoms with Gasteiger partial charge in [-0.05, 0) is 16.8 Å². The second kappa shape index (κ2) is 8.37. The lowest BCUT2D eigenvalue weighted by molar-refractivity contribution is -0.159. The minimum absolute atomic E-state index is 0.00225. The molecule has 11 heteroatoms. The maximum Gasteiger partial charge on any atom is 0.471 e. The van der Waals surface area contributed by atoms with Gasteiger partial charge in [-0.2, -0.15) is 18.2 Å². The number of alkyl halides is 3. The van der Waals surface area contributed by atoms with Crippen molar-refractivity contribution in [2.75, 3.05) is 13.2 Å². The number of benzene rings is 1. The standard InChI is InChI=1S/C17H13F3N4O4/c18-17(19,20)16-22-15(24-28-16)12-10-14(23-27-12)26-9-8-21-13(25)7-6-11-4-2-1-3-5-11/h1-7,10H,8-9H2,(H,21,25)/b7-6+. The van der Waals surface area contributed by atoms with E-state index >= 15 is 0 Å². The van der Waals surface area contributed by atoms with E-state index in [9.17, 15) is 18.0 Å². The molecule has 3 aromatic rings. The minimum atomic E-state index is -4.75. The number of nitrogens with one attached hydrogen (secondary N) is 1. The van der Waals surface area contributed by atoms with E-state index in [0.717, 1.165) is 5.56 Å². The largest absolute Gasteiger partial charge is 0.474 e. The Morgan fingerprint density at radius 1 is 1.18 bits per heavy atom. The lowest BCUT2D eigenvalue weighted by Gasteiger charge is -2.02. The molecule has 0 bridgehead atoms. The predicted molar refractivity (Wildman–Crippen MR) is 88.8 cm³/mol. The van der Waals surface area contributed by atoms with Crippen LogP contribution in [0.1, 0.15) is 11.5 Å². The zero-order chi connectivity index (χ0) is 20.0. The van der Waals surface area contributed by atoms with Crippen molar-refractivity contribution >= 4 is 12.0 Å². The van der Waals surface area contributed by atoms with Crippen LogP contribution < -0.4 is 10.1 Å². The number of amides is 1. The molecular weight excluding hydrogens is 381 g/mol. The first kappa shape index (κ1) is 19.1. The van der Waals surface area contributed by atoms with Crippen molar-refractivity contribution in [2.24, 2.45) is 0 Å². The van der Waals surface area contributed by atoms with Gasteiger partial charge in [-0.15, -0.1) is 0 Å². The highest BCUT2D eigenvalue weighted by Gasteiger charge is 2.39. The third-order valence-corrected chi connectivity index (χ3v) is 3.26. The maximum atomic E-state index is 12.4. The normalized spacial score (nSPS) is 11.7. The fourth-order valence-corrected chi connectivity index (χ4v) is 2.00. The van der Waals surface area contributed by atoms with Crippen molar-refractivity contribution in [3.8, 4) is 17.5 Å². The first-order chi connectivity index (χ1) is 13.4. The summed E-state index contributed by atoms with van der Waals surface area (Å²) < 4.78 is 51.5. The third kappa shape index (κ3) is 5.19. The van der Waals surface area contributed by atoms with Crippen LogP contribution in [0.2, 0.25) is 0 Å². The average molecular weight is 394 g/mol. The second-order valence-corrected chi connectivity index (χ2v) is 5.33. The second-order valence-electron chi connectivity index (χ2n) is 5.33. The van der Waals surface area contributed by atoms with Crippen LogP contribution in [0.3, 0.4) is 0 Å². The summed E-state index contributed by atoms with van der Waals surface area (Å²) in [6.07, 6.45) is -1.70. The van der Waals surface area contributed by atoms with Crippen molar-refractivity contribution in [3.05, 3.63) is 53.9 Å². The Labute approximate surface area is 156 Å². The highest BCUT2D eigenvalue weighted by atomic mass is 19.4. The smallest absolute Gasteiger partial charge is 0.471 e. The molecule has 28 heavy (non-hydrogen) atoms. The molecule has 2 heterocycles. The molecule has 1 amide bonds. The van der Waals surface area contributed by atoms with Gasteiger partial charge in [0.25, 0.3) is 5.88 Å². The molecule has 0 spiro atoms. The summed E-state index contributed by atoms with van der Waals surface area (Å²) in [5, 5.41) is 9.31. The highest BCUT2D eigenvalue weighted by molar-refractivity contribution is 5.91. The quantitative estimate of drug-likeness (QED) is 0.485. The topological polar surface area (TPSA) is 103 Å². The molecule has 3 rings (SSSR count). The minimum Gasteiger partial charge on any atom is -0.474 e. The number of nitrogens with zero attached hydrogens (tertiary/aromatic N) is 3. The van der Waals surface area contributed by atoms with Gasteiger partial charge in [-0.25, -0.2) is 0 Å². The van der Waals surface area contributed by atoms with E-state index in [0.29, 0.717) is 0 Å². The van der Waals surface area contributed by atoms with Crippen LogP contribution in [0.25, 0.3) is 17.7 Å². The number of hydrogen-bond acceptors (Lipinski definition) is 7. The third-order valence-electron chi connectivity index (χ3n) is 3.26. The molecule has 0 saturated carbocycles. The van der Waals surface area contributed by atoms with Gasteiger partial charge in [0.2, 0.25) is 17.5 Å². The number of hydrogen-bond donors (Lipinski definition) is 1. The van der Waals surface area contributed by atoms with Crippen molar-refractivity contribution in [2.45, 2.75) is 6.18 Å². The summed E-state index contributed by atoms with van der Waals surface area (Å²) in [5.41, 5.74) is 0.888. The fraction of sp³-hybridized carbons (Fsp3) is 0.176. The van der Waals surface area contributed by atoms with Crippen LogP contribution in [0.5, 0.6) is 5.88 Å². The van der Waals surface area contributed by atoms with Gasteiger partial charge in [0.1, 0.15) is 6.61 Å². The molecule has 1 aromatic carbocycles. The molecule has 0 atom stereocenters. The number of rotatable bonds is 7. The monoisotopic (exact) mass is 394 g/mol. The molecule has 2 aromatic heterocycles. The average Bonchev–Trinajstić information content (AvgIpc) is 3.33. The first-order valence-corrected chi connectivity index (χ1v) is 7.93. The van der Waals surface area contributed by atoms with Gasteiger partial charge in [0, 0.05) is 6.08 Å². The zero-order valence-electron chi connectivity index (χ0n) is 14.1.